The summed E-state index contributed by atoms with van der Waals surface area (Å²) in [5.41, 5.74) is 1.38. The molecule has 1 aromatic carbocycles. The van der Waals surface area contributed by atoms with Gasteiger partial charge in [0.05, 0.1) is 11.5 Å². The Balaban J connectivity index is 2.38. The summed E-state index contributed by atoms with van der Waals surface area (Å²) in [6, 6.07) is 5.26. The van der Waals surface area contributed by atoms with Crippen LogP contribution < -0.4 is 0 Å². The van der Waals surface area contributed by atoms with E-state index in [0.717, 1.165) is 31.2 Å². The van der Waals surface area contributed by atoms with Gasteiger partial charge in [0.15, 0.2) is 0 Å². The molecule has 1 aromatic rings. The molecule has 0 spiro atoms. The molecular formula is C16H25NO3S. The third kappa shape index (κ3) is 3.47. The molecule has 0 unspecified atom stereocenters. The number of sulfonamides is 1. The van der Waals surface area contributed by atoms with Crippen LogP contribution in [0.5, 0.6) is 0 Å². The molecule has 0 saturated heterocycles. The molecule has 0 heterocycles. The first-order chi connectivity index (χ1) is 10.0. The number of aryl methyl sites for hydroxylation is 1. The van der Waals surface area contributed by atoms with Gasteiger partial charge in [-0.2, -0.15) is 4.31 Å². The Labute approximate surface area is 127 Å². The number of hydrogen-bond donors (Lipinski definition) is 1. The molecule has 1 N–H and O–H groups in total. The van der Waals surface area contributed by atoms with E-state index in [1.807, 2.05) is 13.8 Å². The zero-order valence-electron chi connectivity index (χ0n) is 12.9. The average molecular weight is 311 g/mol. The van der Waals surface area contributed by atoms with Crippen LogP contribution in [0.25, 0.3) is 0 Å². The molecule has 0 bridgehead atoms. The largest absolute Gasteiger partial charge is 0.392 e. The smallest absolute Gasteiger partial charge is 0.243 e. The molecule has 1 fully saturated rings. The highest BCUT2D eigenvalue weighted by Gasteiger charge is 2.32. The maximum absolute atomic E-state index is 13.0. The zero-order chi connectivity index (χ0) is 15.5. The molecule has 0 amide bonds. The van der Waals surface area contributed by atoms with Crippen molar-refractivity contribution < 1.29 is 13.5 Å². The van der Waals surface area contributed by atoms with Crippen LogP contribution in [0.15, 0.2) is 23.1 Å². The van der Waals surface area contributed by atoms with Crippen LogP contribution in [0.2, 0.25) is 0 Å². The van der Waals surface area contributed by atoms with Crippen LogP contribution in [0, 0.1) is 6.92 Å². The van der Waals surface area contributed by atoms with Gasteiger partial charge in [-0.15, -0.1) is 0 Å². The van der Waals surface area contributed by atoms with Gasteiger partial charge in [-0.05, 0) is 37.0 Å². The number of aliphatic hydroxyl groups is 1. The van der Waals surface area contributed by atoms with Crippen molar-refractivity contribution in [3.8, 4) is 0 Å². The Morgan fingerprint density at radius 2 is 1.90 bits per heavy atom. The Morgan fingerprint density at radius 1 is 1.24 bits per heavy atom. The lowest BCUT2D eigenvalue weighted by Gasteiger charge is -2.33. The van der Waals surface area contributed by atoms with Crippen molar-refractivity contribution in [1.82, 2.24) is 4.31 Å². The molecule has 21 heavy (non-hydrogen) atoms. The van der Waals surface area contributed by atoms with E-state index in [4.69, 9.17) is 0 Å². The fourth-order valence-electron chi connectivity index (χ4n) is 3.14. The predicted molar refractivity (Wildman–Crippen MR) is 83.5 cm³/mol. The molecule has 0 atom stereocenters. The van der Waals surface area contributed by atoms with E-state index in [9.17, 15) is 13.5 Å². The van der Waals surface area contributed by atoms with Gasteiger partial charge >= 0.3 is 0 Å². The average Bonchev–Trinajstić information content (AvgIpc) is 2.49. The van der Waals surface area contributed by atoms with E-state index >= 15 is 0 Å². The number of aliphatic hydroxyl groups excluding tert-OH is 1. The second-order valence-corrected chi connectivity index (χ2v) is 7.62. The number of benzene rings is 1. The Hall–Kier alpha value is -0.910. The summed E-state index contributed by atoms with van der Waals surface area (Å²) in [6.45, 7) is 4.06. The van der Waals surface area contributed by atoms with Crippen LogP contribution in [-0.4, -0.2) is 30.4 Å². The molecule has 2 rings (SSSR count). The van der Waals surface area contributed by atoms with Gasteiger partial charge in [-0.25, -0.2) is 8.42 Å². The number of hydrogen-bond acceptors (Lipinski definition) is 3. The lowest BCUT2D eigenvalue weighted by molar-refractivity contribution is 0.261. The van der Waals surface area contributed by atoms with E-state index in [0.29, 0.717) is 17.0 Å². The fourth-order valence-corrected chi connectivity index (χ4v) is 5.11. The molecule has 0 aliphatic heterocycles. The van der Waals surface area contributed by atoms with Crippen molar-refractivity contribution in [2.75, 3.05) is 6.54 Å². The lowest BCUT2D eigenvalue weighted by Crippen LogP contribution is -2.41. The molecule has 1 saturated carbocycles. The SMILES string of the molecule is CCN(C1CCCCC1)S(=O)(=O)c1cc(CO)ccc1C. The molecule has 5 heteroatoms. The molecular weight excluding hydrogens is 286 g/mol. The van der Waals surface area contributed by atoms with Crippen LogP contribution in [-0.2, 0) is 16.6 Å². The highest BCUT2D eigenvalue weighted by atomic mass is 32.2. The van der Waals surface area contributed by atoms with Crippen molar-refractivity contribution in [2.24, 2.45) is 0 Å². The van der Waals surface area contributed by atoms with Crippen molar-refractivity contribution in [3.05, 3.63) is 29.3 Å². The first-order valence-corrected chi connectivity index (χ1v) is 9.17. The predicted octanol–water partition coefficient (Wildman–Crippen LogP) is 2.83. The molecule has 118 valence electrons. The summed E-state index contributed by atoms with van der Waals surface area (Å²) in [5.74, 6) is 0. The summed E-state index contributed by atoms with van der Waals surface area (Å²) >= 11 is 0. The van der Waals surface area contributed by atoms with Crippen molar-refractivity contribution in [1.29, 1.82) is 0 Å². The van der Waals surface area contributed by atoms with Gasteiger partial charge in [-0.3, -0.25) is 0 Å². The van der Waals surface area contributed by atoms with Crippen molar-refractivity contribution in [2.45, 2.75) is 63.5 Å². The standard InChI is InChI=1S/C16H25NO3S/c1-3-17(15-7-5-4-6-8-15)21(19,20)16-11-14(12-18)10-9-13(16)2/h9-11,15,18H,3-8,12H2,1-2H3. The number of nitrogens with zero attached hydrogens (tertiary/aromatic N) is 1. The minimum atomic E-state index is -3.49. The lowest BCUT2D eigenvalue weighted by atomic mass is 9.95. The maximum Gasteiger partial charge on any atom is 0.243 e. The Bertz CT molecular complexity index is 577. The van der Waals surface area contributed by atoms with Crippen LogP contribution in [0.4, 0.5) is 0 Å². The Kier molecular flexibility index (Phi) is 5.41. The Morgan fingerprint density at radius 3 is 2.48 bits per heavy atom. The second kappa shape index (κ2) is 6.90. The van der Waals surface area contributed by atoms with E-state index < -0.39 is 10.0 Å². The summed E-state index contributed by atoms with van der Waals surface area (Å²) < 4.78 is 27.6. The second-order valence-electron chi connectivity index (χ2n) is 5.76. The third-order valence-corrected chi connectivity index (χ3v) is 6.48. The third-order valence-electron chi connectivity index (χ3n) is 4.32. The fraction of sp³-hybridized carbons (Fsp3) is 0.625. The highest BCUT2D eigenvalue weighted by Crippen LogP contribution is 2.29. The van der Waals surface area contributed by atoms with E-state index in [-0.39, 0.29) is 12.6 Å². The first kappa shape index (κ1) is 16.5. The summed E-state index contributed by atoms with van der Waals surface area (Å²) in [4.78, 5) is 0.335. The first-order valence-electron chi connectivity index (χ1n) is 7.73. The van der Waals surface area contributed by atoms with E-state index in [1.165, 1.54) is 6.42 Å². The maximum atomic E-state index is 13.0. The number of rotatable bonds is 5. The quantitative estimate of drug-likeness (QED) is 0.909. The van der Waals surface area contributed by atoms with Gasteiger partial charge in [0.2, 0.25) is 10.0 Å². The topological polar surface area (TPSA) is 57.6 Å². The van der Waals surface area contributed by atoms with Crippen molar-refractivity contribution in [3.63, 3.8) is 0 Å². The van der Waals surface area contributed by atoms with Crippen LogP contribution in [0.3, 0.4) is 0 Å². The van der Waals surface area contributed by atoms with Gasteiger partial charge < -0.3 is 5.11 Å². The summed E-state index contributed by atoms with van der Waals surface area (Å²) in [6.07, 6.45) is 5.31. The minimum Gasteiger partial charge on any atom is -0.392 e. The van der Waals surface area contributed by atoms with Gasteiger partial charge in [-0.1, -0.05) is 38.3 Å². The monoisotopic (exact) mass is 311 g/mol. The van der Waals surface area contributed by atoms with E-state index in [1.54, 1.807) is 22.5 Å². The molecule has 1 aliphatic carbocycles. The summed E-state index contributed by atoms with van der Waals surface area (Å²) in [7, 11) is -3.49. The normalized spacial score (nSPS) is 17.3. The molecule has 0 radical (unpaired) electrons. The summed E-state index contributed by atoms with van der Waals surface area (Å²) in [5, 5.41) is 9.25. The minimum absolute atomic E-state index is 0.117. The zero-order valence-corrected chi connectivity index (χ0v) is 13.7. The molecule has 4 nitrogen and oxygen atoms in total. The van der Waals surface area contributed by atoms with Crippen LogP contribution >= 0.6 is 0 Å². The van der Waals surface area contributed by atoms with Gasteiger partial charge in [0, 0.05) is 12.6 Å². The highest BCUT2D eigenvalue weighted by molar-refractivity contribution is 7.89. The van der Waals surface area contributed by atoms with E-state index in [2.05, 4.69) is 0 Å². The van der Waals surface area contributed by atoms with Gasteiger partial charge in [0.1, 0.15) is 0 Å². The molecule has 0 aromatic heterocycles. The van der Waals surface area contributed by atoms with Gasteiger partial charge in [0.25, 0.3) is 0 Å². The van der Waals surface area contributed by atoms with Crippen molar-refractivity contribution >= 4 is 10.0 Å². The molecule has 1 aliphatic rings. The van der Waals surface area contributed by atoms with Crippen LogP contribution in [0.1, 0.15) is 50.2 Å².